The van der Waals surface area contributed by atoms with Crippen LogP contribution in [-0.2, 0) is 13.6 Å². The van der Waals surface area contributed by atoms with E-state index < -0.39 is 0 Å². The lowest BCUT2D eigenvalue weighted by atomic mass is 10.4. The van der Waals surface area contributed by atoms with Crippen LogP contribution in [-0.4, -0.2) is 24.3 Å². The van der Waals surface area contributed by atoms with Gasteiger partial charge in [0.15, 0.2) is 5.65 Å². The van der Waals surface area contributed by atoms with Crippen molar-refractivity contribution >= 4 is 28.4 Å². The van der Waals surface area contributed by atoms with Gasteiger partial charge in [0.25, 0.3) is 0 Å². The zero-order valence-corrected chi connectivity index (χ0v) is 10.8. The molecular weight excluding hydrogens is 252 g/mol. The molecule has 0 fully saturated rings. The van der Waals surface area contributed by atoms with Crippen molar-refractivity contribution in [1.82, 2.24) is 24.3 Å². The summed E-state index contributed by atoms with van der Waals surface area (Å²) in [4.78, 5) is 18.1. The molecule has 0 saturated heterocycles. The van der Waals surface area contributed by atoms with Gasteiger partial charge >= 0.3 is 4.87 Å². The van der Waals surface area contributed by atoms with E-state index in [2.05, 4.69) is 15.1 Å². The Morgan fingerprint density at radius 2 is 2.33 bits per heavy atom. The number of rotatable bonds is 2. The summed E-state index contributed by atoms with van der Waals surface area (Å²) in [5, 5.41) is 6.10. The Labute approximate surface area is 106 Å². The van der Waals surface area contributed by atoms with Crippen molar-refractivity contribution in [2.24, 2.45) is 7.05 Å². The highest BCUT2D eigenvalue weighted by Crippen LogP contribution is 2.21. The first-order valence-corrected chi connectivity index (χ1v) is 6.26. The van der Waals surface area contributed by atoms with Gasteiger partial charge in [-0.1, -0.05) is 11.3 Å². The molecule has 3 rings (SSSR count). The Bertz CT molecular complexity index is 776. The van der Waals surface area contributed by atoms with Crippen LogP contribution in [0.1, 0.15) is 11.4 Å². The summed E-state index contributed by atoms with van der Waals surface area (Å²) < 4.78 is 3.59. The van der Waals surface area contributed by atoms with Crippen LogP contribution in [0, 0.1) is 6.92 Å². The Morgan fingerprint density at radius 3 is 3.00 bits per heavy atom. The lowest BCUT2D eigenvalue weighted by molar-refractivity contribution is 0.720. The molecule has 0 aromatic carbocycles. The number of hydrogen-bond acceptors (Lipinski definition) is 5. The Morgan fingerprint density at radius 1 is 1.56 bits per heavy atom. The van der Waals surface area contributed by atoms with Crippen molar-refractivity contribution < 1.29 is 0 Å². The topological polar surface area (TPSA) is 94.5 Å². The largest absolute Gasteiger partial charge is 0.369 e. The predicted octanol–water partition coefficient (Wildman–Crippen LogP) is 0.459. The minimum atomic E-state index is -0.0684. The normalized spacial score (nSPS) is 11.4. The Hall–Kier alpha value is -2.09. The zero-order chi connectivity index (χ0) is 12.9. The molecule has 0 unspecified atom stereocenters. The molecular formula is C10H12N6OS. The van der Waals surface area contributed by atoms with Crippen LogP contribution in [0.5, 0.6) is 0 Å². The number of thiazole rings is 1. The first-order chi connectivity index (χ1) is 8.56. The minimum absolute atomic E-state index is 0.0684. The molecule has 0 atom stereocenters. The van der Waals surface area contributed by atoms with E-state index in [1.807, 2.05) is 18.5 Å². The van der Waals surface area contributed by atoms with E-state index in [1.165, 1.54) is 0 Å². The molecule has 0 spiro atoms. The molecule has 94 valence electrons. The molecule has 0 aliphatic carbocycles. The van der Waals surface area contributed by atoms with Crippen LogP contribution in [0.2, 0.25) is 0 Å². The number of nitrogens with one attached hydrogen (secondary N) is 1. The number of aromatic nitrogens is 5. The first kappa shape index (κ1) is 11.0. The summed E-state index contributed by atoms with van der Waals surface area (Å²) in [5.74, 6) is 0.424. The highest BCUT2D eigenvalue weighted by molar-refractivity contribution is 7.07. The Balaban J connectivity index is 2.16. The smallest absolute Gasteiger partial charge is 0.304 e. The third kappa shape index (κ3) is 1.53. The molecule has 8 heteroatoms. The maximum Gasteiger partial charge on any atom is 0.304 e. The van der Waals surface area contributed by atoms with Crippen LogP contribution < -0.4 is 10.6 Å². The maximum atomic E-state index is 11.1. The van der Waals surface area contributed by atoms with Gasteiger partial charge in [0.1, 0.15) is 5.52 Å². The molecule has 3 aromatic rings. The summed E-state index contributed by atoms with van der Waals surface area (Å²) in [7, 11) is 1.85. The lowest BCUT2D eigenvalue weighted by Crippen LogP contribution is -2.09. The highest BCUT2D eigenvalue weighted by atomic mass is 32.1. The van der Waals surface area contributed by atoms with Crippen molar-refractivity contribution in [3.63, 3.8) is 0 Å². The average Bonchev–Trinajstić information content (AvgIpc) is 2.91. The standard InChI is InChI=1S/C10H12N6OS/c1-5-7-8(15(2)14-5)16(9(11)13-7)3-6-4-18-10(17)12-6/h4H,3H2,1-2H3,(H2,11,13)(H,12,17). The zero-order valence-electron chi connectivity index (χ0n) is 9.97. The van der Waals surface area contributed by atoms with Gasteiger partial charge in [-0.05, 0) is 6.92 Å². The number of nitrogen functional groups attached to an aromatic ring is 1. The van der Waals surface area contributed by atoms with Crippen LogP contribution in [0.15, 0.2) is 10.2 Å². The molecule has 7 nitrogen and oxygen atoms in total. The number of anilines is 1. The predicted molar refractivity (Wildman–Crippen MR) is 69.7 cm³/mol. The van der Waals surface area contributed by atoms with Crippen molar-refractivity contribution in [2.75, 3.05) is 5.73 Å². The molecule has 3 N–H and O–H groups in total. The van der Waals surface area contributed by atoms with Gasteiger partial charge in [-0.3, -0.25) is 14.0 Å². The number of imidazole rings is 1. The van der Waals surface area contributed by atoms with E-state index in [4.69, 9.17) is 5.73 Å². The van der Waals surface area contributed by atoms with E-state index in [0.29, 0.717) is 12.5 Å². The van der Waals surface area contributed by atoms with Crippen LogP contribution in [0.3, 0.4) is 0 Å². The third-order valence-corrected chi connectivity index (χ3v) is 3.54. The van der Waals surface area contributed by atoms with Gasteiger partial charge in [-0.2, -0.15) is 5.10 Å². The number of aromatic amines is 1. The number of aryl methyl sites for hydroxylation is 2. The van der Waals surface area contributed by atoms with E-state index in [9.17, 15) is 4.79 Å². The number of nitrogens with zero attached hydrogens (tertiary/aromatic N) is 4. The number of H-pyrrole nitrogens is 1. The second-order valence-corrected chi connectivity index (χ2v) is 4.95. The quantitative estimate of drug-likeness (QED) is 0.703. The molecule has 0 amide bonds. The second-order valence-electron chi connectivity index (χ2n) is 4.11. The van der Waals surface area contributed by atoms with E-state index >= 15 is 0 Å². The summed E-state index contributed by atoms with van der Waals surface area (Å²) in [6, 6.07) is 0. The fraction of sp³-hybridized carbons (Fsp3) is 0.300. The lowest BCUT2D eigenvalue weighted by Gasteiger charge is -2.04. The van der Waals surface area contributed by atoms with Crippen LogP contribution in [0.25, 0.3) is 11.2 Å². The van der Waals surface area contributed by atoms with Crippen LogP contribution in [0.4, 0.5) is 5.95 Å². The van der Waals surface area contributed by atoms with Gasteiger partial charge in [-0.15, -0.1) is 0 Å². The SMILES string of the molecule is Cc1nn(C)c2c1nc(N)n2Cc1csc(=O)[nH]1. The Kier molecular flexibility index (Phi) is 2.27. The van der Waals surface area contributed by atoms with Gasteiger partial charge in [0.2, 0.25) is 5.95 Å². The monoisotopic (exact) mass is 264 g/mol. The van der Waals surface area contributed by atoms with Gasteiger partial charge in [0.05, 0.1) is 12.2 Å². The fourth-order valence-electron chi connectivity index (χ4n) is 2.07. The minimum Gasteiger partial charge on any atom is -0.369 e. The number of fused-ring (bicyclic) bond motifs is 1. The van der Waals surface area contributed by atoms with Gasteiger partial charge in [-0.25, -0.2) is 4.98 Å². The average molecular weight is 264 g/mol. The van der Waals surface area contributed by atoms with Crippen molar-refractivity contribution in [3.8, 4) is 0 Å². The van der Waals surface area contributed by atoms with Gasteiger partial charge in [0, 0.05) is 18.1 Å². The van der Waals surface area contributed by atoms with Crippen molar-refractivity contribution in [2.45, 2.75) is 13.5 Å². The third-order valence-electron chi connectivity index (χ3n) is 2.82. The molecule has 18 heavy (non-hydrogen) atoms. The molecule has 0 aliphatic heterocycles. The number of nitrogens with two attached hydrogens (primary N) is 1. The van der Waals surface area contributed by atoms with E-state index in [1.54, 1.807) is 10.1 Å². The van der Waals surface area contributed by atoms with Crippen molar-refractivity contribution in [1.29, 1.82) is 0 Å². The summed E-state index contributed by atoms with van der Waals surface area (Å²) in [6.07, 6.45) is 0. The summed E-state index contributed by atoms with van der Waals surface area (Å²) in [5.41, 5.74) is 9.23. The molecule has 0 bridgehead atoms. The second kappa shape index (κ2) is 3.70. The highest BCUT2D eigenvalue weighted by Gasteiger charge is 2.16. The molecule has 0 radical (unpaired) electrons. The summed E-state index contributed by atoms with van der Waals surface area (Å²) in [6.45, 7) is 2.38. The van der Waals surface area contributed by atoms with Gasteiger partial charge < -0.3 is 10.7 Å². The van der Waals surface area contributed by atoms with Crippen LogP contribution >= 0.6 is 11.3 Å². The molecule has 0 saturated carbocycles. The summed E-state index contributed by atoms with van der Waals surface area (Å²) >= 11 is 1.14. The fourth-order valence-corrected chi connectivity index (χ4v) is 2.64. The van der Waals surface area contributed by atoms with E-state index in [-0.39, 0.29) is 4.87 Å². The number of hydrogen-bond donors (Lipinski definition) is 2. The first-order valence-electron chi connectivity index (χ1n) is 5.38. The molecule has 0 aliphatic rings. The van der Waals surface area contributed by atoms with E-state index in [0.717, 1.165) is 33.9 Å². The van der Waals surface area contributed by atoms with Crippen molar-refractivity contribution in [3.05, 3.63) is 26.4 Å². The molecule has 3 heterocycles. The molecule has 3 aromatic heterocycles. The maximum absolute atomic E-state index is 11.1.